The lowest BCUT2D eigenvalue weighted by atomic mass is 10.1. The molecule has 12 heteroatoms. The van der Waals surface area contributed by atoms with Crippen molar-refractivity contribution in [2.75, 3.05) is 12.4 Å². The molecule has 0 spiro atoms. The Hall–Kier alpha value is -4.12. The number of nitro benzene ring substituents is 1. The number of carbonyl (C=O) groups is 2. The standard InChI is InChI=1S/C19H16ClN5O6/c1-9-16(17(18(21)26)24-23-9)22-19(27)10-3-5-14(15(7-10)30-2)31-13-6-4-11(20)8-12(13)25(28)29/h3-8H,1-2H3,(H2,21,26)(H,22,27)(H,23,24). The van der Waals surface area contributed by atoms with Crippen LogP contribution < -0.4 is 20.5 Å². The normalized spacial score (nSPS) is 10.4. The maximum absolute atomic E-state index is 12.7. The fourth-order valence-electron chi connectivity index (χ4n) is 2.68. The largest absolute Gasteiger partial charge is 0.493 e. The average molecular weight is 446 g/mol. The topological polar surface area (TPSA) is 162 Å². The maximum Gasteiger partial charge on any atom is 0.313 e. The van der Waals surface area contributed by atoms with Crippen molar-refractivity contribution in [1.29, 1.82) is 0 Å². The summed E-state index contributed by atoms with van der Waals surface area (Å²) in [4.78, 5) is 34.7. The van der Waals surface area contributed by atoms with Gasteiger partial charge in [0.05, 0.1) is 23.4 Å². The number of methoxy groups -OCH3 is 1. The Bertz CT molecular complexity index is 1190. The molecule has 0 bridgehead atoms. The van der Waals surface area contributed by atoms with Crippen LogP contribution in [0.1, 0.15) is 26.5 Å². The minimum Gasteiger partial charge on any atom is -0.493 e. The fraction of sp³-hybridized carbons (Fsp3) is 0.105. The number of anilines is 1. The molecule has 0 aliphatic rings. The van der Waals surface area contributed by atoms with E-state index >= 15 is 0 Å². The molecule has 2 aromatic carbocycles. The summed E-state index contributed by atoms with van der Waals surface area (Å²) in [5, 5.41) is 20.4. The molecule has 0 radical (unpaired) electrons. The lowest BCUT2D eigenvalue weighted by molar-refractivity contribution is -0.385. The highest BCUT2D eigenvalue weighted by Gasteiger charge is 2.21. The number of amides is 2. The smallest absolute Gasteiger partial charge is 0.313 e. The van der Waals surface area contributed by atoms with E-state index < -0.39 is 16.7 Å². The first-order valence-electron chi connectivity index (χ1n) is 8.67. The molecule has 31 heavy (non-hydrogen) atoms. The molecule has 11 nitrogen and oxygen atoms in total. The van der Waals surface area contributed by atoms with Gasteiger partial charge >= 0.3 is 5.69 Å². The van der Waals surface area contributed by atoms with Gasteiger partial charge in [-0.05, 0) is 37.3 Å². The lowest BCUT2D eigenvalue weighted by Gasteiger charge is -2.12. The van der Waals surface area contributed by atoms with Crippen LogP contribution >= 0.6 is 11.6 Å². The van der Waals surface area contributed by atoms with Crippen LogP contribution in [0.2, 0.25) is 5.02 Å². The van der Waals surface area contributed by atoms with Gasteiger partial charge in [0.25, 0.3) is 11.8 Å². The van der Waals surface area contributed by atoms with Gasteiger partial charge in [0, 0.05) is 16.7 Å². The summed E-state index contributed by atoms with van der Waals surface area (Å²) in [7, 11) is 1.35. The van der Waals surface area contributed by atoms with E-state index in [4.69, 9.17) is 26.8 Å². The number of nitrogens with two attached hydrogens (primary N) is 1. The molecule has 1 aromatic heterocycles. The Morgan fingerprint density at radius 2 is 1.90 bits per heavy atom. The molecule has 0 unspecified atom stereocenters. The number of nitrogens with zero attached hydrogens (tertiary/aromatic N) is 2. The zero-order chi connectivity index (χ0) is 22.7. The number of nitrogens with one attached hydrogen (secondary N) is 2. The van der Waals surface area contributed by atoms with Crippen molar-refractivity contribution in [3.05, 3.63) is 68.5 Å². The number of aryl methyl sites for hydroxylation is 1. The molecule has 1 heterocycles. The molecule has 0 aliphatic heterocycles. The zero-order valence-electron chi connectivity index (χ0n) is 16.3. The van der Waals surface area contributed by atoms with Crippen molar-refractivity contribution in [3.63, 3.8) is 0 Å². The van der Waals surface area contributed by atoms with Crippen LogP contribution in [0.15, 0.2) is 36.4 Å². The summed E-state index contributed by atoms with van der Waals surface area (Å²) in [5.74, 6) is -1.12. The number of nitro groups is 1. The zero-order valence-corrected chi connectivity index (χ0v) is 17.0. The molecular formula is C19H16ClN5O6. The Morgan fingerprint density at radius 3 is 2.55 bits per heavy atom. The van der Waals surface area contributed by atoms with Crippen molar-refractivity contribution in [2.24, 2.45) is 5.73 Å². The third-order valence-corrected chi connectivity index (χ3v) is 4.42. The first-order chi connectivity index (χ1) is 14.7. The summed E-state index contributed by atoms with van der Waals surface area (Å²) in [6, 6.07) is 8.19. The second kappa shape index (κ2) is 8.71. The van der Waals surface area contributed by atoms with Gasteiger partial charge in [-0.2, -0.15) is 5.10 Å². The fourth-order valence-corrected chi connectivity index (χ4v) is 2.84. The van der Waals surface area contributed by atoms with Crippen molar-refractivity contribution in [1.82, 2.24) is 10.2 Å². The second-order valence-corrected chi connectivity index (χ2v) is 6.66. The van der Waals surface area contributed by atoms with E-state index in [2.05, 4.69) is 15.5 Å². The third kappa shape index (κ3) is 4.56. The van der Waals surface area contributed by atoms with E-state index in [1.807, 2.05) is 0 Å². The maximum atomic E-state index is 12.7. The SMILES string of the molecule is COc1cc(C(=O)Nc2c(C(N)=O)n[nH]c2C)ccc1Oc1ccc(Cl)cc1[N+](=O)[O-]. The van der Waals surface area contributed by atoms with Crippen molar-refractivity contribution >= 4 is 34.8 Å². The number of benzene rings is 2. The molecule has 3 aromatic rings. The minimum atomic E-state index is -0.800. The molecular weight excluding hydrogens is 430 g/mol. The highest BCUT2D eigenvalue weighted by molar-refractivity contribution is 6.30. The lowest BCUT2D eigenvalue weighted by Crippen LogP contribution is -2.18. The summed E-state index contributed by atoms with van der Waals surface area (Å²) in [6.45, 7) is 1.62. The number of ether oxygens (including phenoxy) is 2. The molecule has 0 aliphatic carbocycles. The molecule has 3 rings (SSSR count). The minimum absolute atomic E-state index is 0.0509. The van der Waals surface area contributed by atoms with Crippen LogP contribution in [-0.4, -0.2) is 34.0 Å². The summed E-state index contributed by atoms with van der Waals surface area (Å²) >= 11 is 5.81. The first kappa shape index (κ1) is 21.6. The predicted molar refractivity (Wildman–Crippen MR) is 111 cm³/mol. The number of hydrogen-bond donors (Lipinski definition) is 3. The van der Waals surface area contributed by atoms with Gasteiger partial charge in [-0.25, -0.2) is 0 Å². The number of H-pyrrole nitrogens is 1. The van der Waals surface area contributed by atoms with E-state index in [-0.39, 0.29) is 44.9 Å². The van der Waals surface area contributed by atoms with Gasteiger partial charge in [0.2, 0.25) is 5.75 Å². The van der Waals surface area contributed by atoms with Crippen molar-refractivity contribution in [3.8, 4) is 17.2 Å². The Balaban J connectivity index is 1.89. The van der Waals surface area contributed by atoms with E-state index in [0.29, 0.717) is 5.69 Å². The molecule has 0 fully saturated rings. The van der Waals surface area contributed by atoms with E-state index in [1.165, 1.54) is 37.4 Å². The monoisotopic (exact) mass is 445 g/mol. The van der Waals surface area contributed by atoms with Crippen LogP contribution in [0, 0.1) is 17.0 Å². The van der Waals surface area contributed by atoms with Gasteiger partial charge in [-0.1, -0.05) is 11.6 Å². The Kier molecular flexibility index (Phi) is 6.07. The van der Waals surface area contributed by atoms with Crippen LogP contribution in [0.25, 0.3) is 0 Å². The average Bonchev–Trinajstić information content (AvgIpc) is 3.09. The highest BCUT2D eigenvalue weighted by Crippen LogP contribution is 2.38. The van der Waals surface area contributed by atoms with E-state index in [0.717, 1.165) is 6.07 Å². The van der Waals surface area contributed by atoms with Crippen molar-refractivity contribution in [2.45, 2.75) is 6.92 Å². The highest BCUT2D eigenvalue weighted by atomic mass is 35.5. The molecule has 160 valence electrons. The first-order valence-corrected chi connectivity index (χ1v) is 9.05. The van der Waals surface area contributed by atoms with E-state index in [9.17, 15) is 19.7 Å². The number of hydrogen-bond acceptors (Lipinski definition) is 7. The van der Waals surface area contributed by atoms with Crippen LogP contribution in [0.3, 0.4) is 0 Å². The number of aromatic amines is 1. The summed E-state index contributed by atoms with van der Waals surface area (Å²) in [5.41, 5.74) is 5.61. The molecule has 4 N–H and O–H groups in total. The van der Waals surface area contributed by atoms with Crippen molar-refractivity contribution < 1.29 is 24.0 Å². The van der Waals surface area contributed by atoms with Gasteiger partial charge in [0.1, 0.15) is 0 Å². The number of primary amides is 1. The number of rotatable bonds is 7. The van der Waals surface area contributed by atoms with Gasteiger partial charge in [-0.15, -0.1) is 0 Å². The molecule has 0 atom stereocenters. The second-order valence-electron chi connectivity index (χ2n) is 6.23. The van der Waals surface area contributed by atoms with Crippen LogP contribution in [0.5, 0.6) is 17.2 Å². The predicted octanol–water partition coefficient (Wildman–Crippen LogP) is 3.43. The van der Waals surface area contributed by atoms with Gasteiger partial charge < -0.3 is 20.5 Å². The Morgan fingerprint density at radius 1 is 1.19 bits per heavy atom. The number of aromatic nitrogens is 2. The third-order valence-electron chi connectivity index (χ3n) is 4.18. The quantitative estimate of drug-likeness (QED) is 0.370. The van der Waals surface area contributed by atoms with Crippen LogP contribution in [0.4, 0.5) is 11.4 Å². The molecule has 0 saturated carbocycles. The molecule has 0 saturated heterocycles. The number of carbonyl (C=O) groups excluding carboxylic acids is 2. The number of halogens is 1. The van der Waals surface area contributed by atoms with Gasteiger partial charge in [-0.3, -0.25) is 24.8 Å². The van der Waals surface area contributed by atoms with Gasteiger partial charge in [0.15, 0.2) is 17.2 Å². The van der Waals surface area contributed by atoms with E-state index in [1.54, 1.807) is 6.92 Å². The Labute approximate surface area is 180 Å². The summed E-state index contributed by atoms with van der Waals surface area (Å²) < 4.78 is 10.9. The summed E-state index contributed by atoms with van der Waals surface area (Å²) in [6.07, 6.45) is 0. The molecule has 2 amide bonds. The van der Waals surface area contributed by atoms with Crippen LogP contribution in [-0.2, 0) is 0 Å².